The minimum Gasteiger partial charge on any atom is -0.346 e. The van der Waals surface area contributed by atoms with Gasteiger partial charge in [-0.3, -0.25) is 19.1 Å². The molecule has 0 bridgehead atoms. The normalized spacial score (nSPS) is 10.7. The first-order valence-electron chi connectivity index (χ1n) is 7.26. The van der Waals surface area contributed by atoms with Crippen molar-refractivity contribution < 1.29 is 4.79 Å². The molecule has 118 valence electrons. The Bertz CT molecular complexity index is 828. The molecule has 3 aromatic rings. The molecule has 0 spiro atoms. The number of rotatable bonds is 4. The third-order valence-electron chi connectivity index (χ3n) is 3.66. The van der Waals surface area contributed by atoms with E-state index in [4.69, 9.17) is 0 Å². The van der Waals surface area contributed by atoms with E-state index in [1.54, 1.807) is 27.8 Å². The fourth-order valence-electron chi connectivity index (χ4n) is 2.32. The summed E-state index contributed by atoms with van der Waals surface area (Å²) in [7, 11) is 3.67. The molecule has 7 heteroatoms. The molecule has 0 radical (unpaired) electrons. The monoisotopic (exact) mass is 310 g/mol. The van der Waals surface area contributed by atoms with Gasteiger partial charge in [-0.05, 0) is 24.6 Å². The van der Waals surface area contributed by atoms with Crippen LogP contribution in [-0.2, 0) is 20.6 Å². The molecule has 0 fully saturated rings. The van der Waals surface area contributed by atoms with Crippen molar-refractivity contribution in [1.29, 1.82) is 0 Å². The maximum absolute atomic E-state index is 12.2. The summed E-state index contributed by atoms with van der Waals surface area (Å²) < 4.78 is 3.41. The Hall–Kier alpha value is -2.96. The van der Waals surface area contributed by atoms with Crippen molar-refractivity contribution in [2.75, 3.05) is 0 Å². The van der Waals surface area contributed by atoms with E-state index >= 15 is 0 Å². The lowest BCUT2D eigenvalue weighted by Crippen LogP contribution is -2.23. The SMILES string of the molecule is Cc1cc(C(=O)NCc2cccnc2-c2cnn(C)c2)nn1C. The van der Waals surface area contributed by atoms with Gasteiger partial charge in [-0.25, -0.2) is 0 Å². The number of aromatic nitrogens is 5. The lowest BCUT2D eigenvalue weighted by molar-refractivity contribution is 0.0945. The van der Waals surface area contributed by atoms with Crippen LogP contribution in [0.15, 0.2) is 36.8 Å². The van der Waals surface area contributed by atoms with Gasteiger partial charge >= 0.3 is 0 Å². The summed E-state index contributed by atoms with van der Waals surface area (Å²) in [6.45, 7) is 2.29. The summed E-state index contributed by atoms with van der Waals surface area (Å²) in [6.07, 6.45) is 5.39. The standard InChI is InChI=1S/C16H18N6O/c1-11-7-14(20-22(11)3)16(23)18-8-12-5-4-6-17-15(12)13-9-19-21(2)10-13/h4-7,9-10H,8H2,1-3H3,(H,18,23). The maximum atomic E-state index is 12.2. The van der Waals surface area contributed by atoms with Gasteiger partial charge in [0.15, 0.2) is 0 Å². The average molecular weight is 310 g/mol. The number of aryl methyl sites for hydroxylation is 3. The molecule has 0 aliphatic rings. The number of pyridine rings is 1. The van der Waals surface area contributed by atoms with Crippen molar-refractivity contribution >= 4 is 5.91 Å². The number of carbonyl (C=O) groups is 1. The molecule has 0 saturated heterocycles. The zero-order valence-corrected chi connectivity index (χ0v) is 13.3. The number of amides is 1. The van der Waals surface area contributed by atoms with Crippen molar-refractivity contribution in [1.82, 2.24) is 29.9 Å². The van der Waals surface area contributed by atoms with Crippen LogP contribution in [0.25, 0.3) is 11.3 Å². The Morgan fingerprint density at radius 1 is 1.35 bits per heavy atom. The van der Waals surface area contributed by atoms with Crippen LogP contribution in [0.4, 0.5) is 0 Å². The maximum Gasteiger partial charge on any atom is 0.272 e. The highest BCUT2D eigenvalue weighted by molar-refractivity contribution is 5.92. The van der Waals surface area contributed by atoms with Crippen molar-refractivity contribution in [3.63, 3.8) is 0 Å². The van der Waals surface area contributed by atoms with Crippen LogP contribution in [0.2, 0.25) is 0 Å². The van der Waals surface area contributed by atoms with Gasteiger partial charge < -0.3 is 5.32 Å². The summed E-state index contributed by atoms with van der Waals surface area (Å²) in [5.74, 6) is -0.199. The molecule has 0 unspecified atom stereocenters. The molecule has 0 saturated carbocycles. The van der Waals surface area contributed by atoms with Crippen molar-refractivity contribution in [2.24, 2.45) is 14.1 Å². The van der Waals surface area contributed by atoms with E-state index in [2.05, 4.69) is 20.5 Å². The highest BCUT2D eigenvalue weighted by Crippen LogP contribution is 2.20. The predicted molar refractivity (Wildman–Crippen MR) is 85.6 cm³/mol. The van der Waals surface area contributed by atoms with Crippen LogP contribution in [0.1, 0.15) is 21.7 Å². The largest absolute Gasteiger partial charge is 0.346 e. The van der Waals surface area contributed by atoms with E-state index in [9.17, 15) is 4.79 Å². The fraction of sp³-hybridized carbons (Fsp3) is 0.250. The minimum absolute atomic E-state index is 0.199. The minimum atomic E-state index is -0.199. The van der Waals surface area contributed by atoms with Crippen LogP contribution in [0.3, 0.4) is 0 Å². The van der Waals surface area contributed by atoms with Gasteiger partial charge in [-0.2, -0.15) is 10.2 Å². The van der Waals surface area contributed by atoms with E-state index in [-0.39, 0.29) is 5.91 Å². The fourth-order valence-corrected chi connectivity index (χ4v) is 2.32. The molecule has 0 atom stereocenters. The van der Waals surface area contributed by atoms with E-state index in [0.29, 0.717) is 12.2 Å². The van der Waals surface area contributed by atoms with Crippen LogP contribution < -0.4 is 5.32 Å². The van der Waals surface area contributed by atoms with Gasteiger partial charge in [-0.1, -0.05) is 6.07 Å². The van der Waals surface area contributed by atoms with Crippen molar-refractivity contribution in [2.45, 2.75) is 13.5 Å². The Kier molecular flexibility index (Phi) is 3.92. The van der Waals surface area contributed by atoms with Gasteiger partial charge in [-0.15, -0.1) is 0 Å². The van der Waals surface area contributed by atoms with Gasteiger partial charge in [0.25, 0.3) is 5.91 Å². The molecule has 0 aliphatic heterocycles. The first kappa shape index (κ1) is 15.0. The molecule has 3 aromatic heterocycles. The average Bonchev–Trinajstić information content (AvgIpc) is 3.11. The van der Waals surface area contributed by atoms with Crippen molar-refractivity contribution in [3.8, 4) is 11.3 Å². The van der Waals surface area contributed by atoms with E-state index in [0.717, 1.165) is 22.5 Å². The quantitative estimate of drug-likeness (QED) is 0.791. The molecule has 1 amide bonds. The second-order valence-electron chi connectivity index (χ2n) is 5.39. The molecule has 3 heterocycles. The Morgan fingerprint density at radius 2 is 2.17 bits per heavy atom. The molecule has 1 N–H and O–H groups in total. The van der Waals surface area contributed by atoms with E-state index in [1.807, 2.05) is 39.3 Å². The first-order chi connectivity index (χ1) is 11.0. The van der Waals surface area contributed by atoms with Gasteiger partial charge in [0.05, 0.1) is 11.9 Å². The number of hydrogen-bond donors (Lipinski definition) is 1. The Labute approximate surface area is 134 Å². The van der Waals surface area contributed by atoms with Gasteiger partial charge in [0.1, 0.15) is 5.69 Å². The van der Waals surface area contributed by atoms with Gasteiger partial charge in [0, 0.05) is 44.3 Å². The second kappa shape index (κ2) is 6.04. The molecule has 23 heavy (non-hydrogen) atoms. The van der Waals surface area contributed by atoms with Gasteiger partial charge in [0.2, 0.25) is 0 Å². The molecule has 0 aromatic carbocycles. The summed E-state index contributed by atoms with van der Waals surface area (Å²) >= 11 is 0. The zero-order chi connectivity index (χ0) is 16.4. The lowest BCUT2D eigenvalue weighted by atomic mass is 10.1. The number of nitrogens with one attached hydrogen (secondary N) is 1. The summed E-state index contributed by atoms with van der Waals surface area (Å²) in [4.78, 5) is 16.6. The number of nitrogens with zero attached hydrogens (tertiary/aromatic N) is 5. The van der Waals surface area contributed by atoms with E-state index < -0.39 is 0 Å². The summed E-state index contributed by atoms with van der Waals surface area (Å²) in [5, 5.41) is 11.2. The topological polar surface area (TPSA) is 77.6 Å². The van der Waals surface area contributed by atoms with Crippen LogP contribution in [0, 0.1) is 6.92 Å². The highest BCUT2D eigenvalue weighted by Gasteiger charge is 2.13. The molecular formula is C16H18N6O. The molecule has 3 rings (SSSR count). The van der Waals surface area contributed by atoms with Crippen LogP contribution in [0.5, 0.6) is 0 Å². The Balaban J connectivity index is 1.77. The number of carbonyl (C=O) groups excluding carboxylic acids is 1. The second-order valence-corrected chi connectivity index (χ2v) is 5.39. The van der Waals surface area contributed by atoms with E-state index in [1.165, 1.54) is 0 Å². The summed E-state index contributed by atoms with van der Waals surface area (Å²) in [5.41, 5.74) is 4.02. The molecule has 7 nitrogen and oxygen atoms in total. The number of hydrogen-bond acceptors (Lipinski definition) is 4. The molecule has 0 aliphatic carbocycles. The predicted octanol–water partition coefficient (Wildman–Crippen LogP) is 1.45. The Morgan fingerprint density at radius 3 is 2.83 bits per heavy atom. The van der Waals surface area contributed by atoms with Crippen LogP contribution in [-0.4, -0.2) is 30.5 Å². The molecular weight excluding hydrogens is 292 g/mol. The third kappa shape index (κ3) is 3.13. The zero-order valence-electron chi connectivity index (χ0n) is 13.3. The third-order valence-corrected chi connectivity index (χ3v) is 3.66. The summed E-state index contributed by atoms with van der Waals surface area (Å²) in [6, 6.07) is 5.56. The highest BCUT2D eigenvalue weighted by atomic mass is 16.1. The van der Waals surface area contributed by atoms with Crippen LogP contribution >= 0.6 is 0 Å². The first-order valence-corrected chi connectivity index (χ1v) is 7.26. The smallest absolute Gasteiger partial charge is 0.272 e. The van der Waals surface area contributed by atoms with Crippen molar-refractivity contribution in [3.05, 3.63) is 53.7 Å². The lowest BCUT2D eigenvalue weighted by Gasteiger charge is -2.07.